The largest absolute Gasteiger partial charge is 0.550 e. The summed E-state index contributed by atoms with van der Waals surface area (Å²) in [7, 11) is -3.95. The van der Waals surface area contributed by atoms with Gasteiger partial charge in [-0.2, -0.15) is 0 Å². The molecule has 0 heterocycles. The summed E-state index contributed by atoms with van der Waals surface area (Å²) < 4.78 is 25.6. The average molecular weight is 377 g/mol. The molecule has 1 aromatic rings. The molecule has 0 aromatic heterocycles. The van der Waals surface area contributed by atoms with E-state index in [0.717, 1.165) is 6.92 Å². The monoisotopic (exact) mass is 377 g/mol. The Hall–Kier alpha value is -2.68. The maximum Gasteiger partial charge on any atom is 0.264 e. The number of hydrogen-bond donors (Lipinski definition) is 2. The molecule has 2 aliphatic rings. The Morgan fingerprint density at radius 2 is 1.62 bits per heavy atom. The summed E-state index contributed by atoms with van der Waals surface area (Å²) in [4.78, 5) is 34.7. The number of nitrogens with one attached hydrogen (secondary N) is 2. The van der Waals surface area contributed by atoms with E-state index in [1.54, 1.807) is 0 Å². The third-order valence-corrected chi connectivity index (χ3v) is 6.19. The highest BCUT2D eigenvalue weighted by Crippen LogP contribution is 2.48. The number of carbonyl (C=O) groups excluding carboxylic acids is 3. The first-order chi connectivity index (χ1) is 12.2. The highest BCUT2D eigenvalue weighted by Gasteiger charge is 2.48. The van der Waals surface area contributed by atoms with Crippen molar-refractivity contribution in [1.29, 1.82) is 0 Å². The minimum Gasteiger partial charge on any atom is -0.550 e. The Morgan fingerprint density at radius 3 is 2.15 bits per heavy atom. The summed E-state index contributed by atoms with van der Waals surface area (Å²) in [6.07, 6.45) is 4.29. The number of rotatable bonds is 5. The predicted molar refractivity (Wildman–Crippen MR) is 88.8 cm³/mol. The first-order valence-electron chi connectivity index (χ1n) is 8.02. The second-order valence-corrected chi connectivity index (χ2v) is 8.18. The summed E-state index contributed by atoms with van der Waals surface area (Å²) in [6.45, 7) is 1.09. The van der Waals surface area contributed by atoms with Crippen LogP contribution in [0.5, 0.6) is 0 Å². The highest BCUT2D eigenvalue weighted by atomic mass is 32.2. The van der Waals surface area contributed by atoms with Crippen molar-refractivity contribution in [2.24, 2.45) is 23.7 Å². The molecule has 0 unspecified atom stereocenters. The van der Waals surface area contributed by atoms with Gasteiger partial charge in [0.25, 0.3) is 10.0 Å². The van der Waals surface area contributed by atoms with Crippen molar-refractivity contribution in [2.45, 2.75) is 18.2 Å². The molecule has 26 heavy (non-hydrogen) atoms. The van der Waals surface area contributed by atoms with Crippen molar-refractivity contribution in [3.05, 3.63) is 36.4 Å². The Bertz CT molecular complexity index is 890. The molecule has 3 rings (SSSR count). The van der Waals surface area contributed by atoms with E-state index in [4.69, 9.17) is 0 Å². The minimum atomic E-state index is -3.95. The lowest BCUT2D eigenvalue weighted by Crippen LogP contribution is -2.42. The van der Waals surface area contributed by atoms with E-state index in [1.807, 2.05) is 16.9 Å². The average Bonchev–Trinajstić information content (AvgIpc) is 3.15. The fourth-order valence-electron chi connectivity index (χ4n) is 3.69. The number of hydrogen-bond acceptors (Lipinski definition) is 6. The third kappa shape index (κ3) is 3.34. The van der Waals surface area contributed by atoms with Crippen molar-refractivity contribution in [3.63, 3.8) is 0 Å². The van der Waals surface area contributed by atoms with E-state index < -0.39 is 39.6 Å². The molecule has 138 valence electrons. The lowest BCUT2D eigenvalue weighted by molar-refractivity contribution is -0.313. The number of benzene rings is 1. The second kappa shape index (κ2) is 6.56. The maximum atomic E-state index is 12.5. The lowest BCUT2D eigenvalue weighted by atomic mass is 9.82. The van der Waals surface area contributed by atoms with E-state index in [-0.39, 0.29) is 16.7 Å². The van der Waals surface area contributed by atoms with Crippen LogP contribution in [0.2, 0.25) is 0 Å². The second-order valence-electron chi connectivity index (χ2n) is 6.49. The number of sulfonamides is 1. The number of fused-ring (bicyclic) bond motifs is 2. The van der Waals surface area contributed by atoms with E-state index in [9.17, 15) is 27.9 Å². The van der Waals surface area contributed by atoms with Gasteiger partial charge in [0, 0.05) is 24.5 Å². The van der Waals surface area contributed by atoms with Crippen molar-refractivity contribution in [2.75, 3.05) is 5.32 Å². The molecule has 1 fully saturated rings. The van der Waals surface area contributed by atoms with Crippen molar-refractivity contribution < 1.29 is 27.9 Å². The fraction of sp³-hybridized carbons (Fsp3) is 0.353. The first kappa shape index (κ1) is 18.1. The van der Waals surface area contributed by atoms with Gasteiger partial charge in [-0.05, 0) is 42.5 Å². The standard InChI is InChI=1S/C17H18N2O6S/c1-9(20)19-26(24,25)13-6-4-12(5-7-13)18-16(21)14-10-2-3-11(8-10)15(14)17(22)23/h2-7,10-11,14-15H,8H2,1H3,(H,18,21)(H,19,20)(H,22,23)/p-1/t10-,11-,14+,15-/m0/s1. The number of carboxylic acids is 1. The van der Waals surface area contributed by atoms with Gasteiger partial charge in [0.2, 0.25) is 11.8 Å². The molecule has 4 atom stereocenters. The predicted octanol–water partition coefficient (Wildman–Crippen LogP) is -0.362. The maximum absolute atomic E-state index is 12.5. The number of aliphatic carboxylic acids is 1. The molecule has 2 amide bonds. The van der Waals surface area contributed by atoms with Crippen LogP contribution in [0.4, 0.5) is 5.69 Å². The zero-order chi connectivity index (χ0) is 19.1. The number of allylic oxidation sites excluding steroid dienone is 2. The molecule has 1 aromatic carbocycles. The number of amides is 2. The summed E-state index contributed by atoms with van der Waals surface area (Å²) >= 11 is 0. The van der Waals surface area contributed by atoms with Crippen LogP contribution in [0.15, 0.2) is 41.3 Å². The fourth-order valence-corrected chi connectivity index (χ4v) is 4.68. The van der Waals surface area contributed by atoms with E-state index in [1.165, 1.54) is 24.3 Å². The van der Waals surface area contributed by atoms with Gasteiger partial charge in [0.15, 0.2) is 0 Å². The molecule has 8 nitrogen and oxygen atoms in total. The normalized spacial score (nSPS) is 26.5. The molecule has 0 spiro atoms. The van der Waals surface area contributed by atoms with Crippen LogP contribution in [0.25, 0.3) is 0 Å². The molecule has 2 aliphatic carbocycles. The summed E-state index contributed by atoms with van der Waals surface area (Å²) in [5, 5.41) is 14.0. The van der Waals surface area contributed by atoms with Crippen LogP contribution in [0.3, 0.4) is 0 Å². The Morgan fingerprint density at radius 1 is 1.04 bits per heavy atom. The van der Waals surface area contributed by atoms with E-state index in [0.29, 0.717) is 12.1 Å². The molecule has 2 bridgehead atoms. The Labute approximate surface area is 150 Å². The number of anilines is 1. The van der Waals surface area contributed by atoms with Gasteiger partial charge in [-0.1, -0.05) is 12.2 Å². The molecule has 0 saturated heterocycles. The van der Waals surface area contributed by atoms with Gasteiger partial charge in [-0.3, -0.25) is 9.59 Å². The van der Waals surface area contributed by atoms with E-state index in [2.05, 4.69) is 5.32 Å². The van der Waals surface area contributed by atoms with Gasteiger partial charge in [0.05, 0.1) is 10.8 Å². The van der Waals surface area contributed by atoms with E-state index >= 15 is 0 Å². The Balaban J connectivity index is 1.73. The van der Waals surface area contributed by atoms with Crippen LogP contribution in [0, 0.1) is 23.7 Å². The molecular weight excluding hydrogens is 360 g/mol. The topological polar surface area (TPSA) is 132 Å². The van der Waals surface area contributed by atoms with Gasteiger partial charge >= 0.3 is 0 Å². The van der Waals surface area contributed by atoms with Crippen LogP contribution in [-0.4, -0.2) is 26.2 Å². The first-order valence-corrected chi connectivity index (χ1v) is 9.51. The molecule has 0 aliphatic heterocycles. The molecule has 1 saturated carbocycles. The number of carboxylic acid groups (broad SMARTS) is 1. The quantitative estimate of drug-likeness (QED) is 0.673. The minimum absolute atomic E-state index is 0.124. The zero-order valence-electron chi connectivity index (χ0n) is 13.8. The van der Waals surface area contributed by atoms with Crippen LogP contribution in [0.1, 0.15) is 13.3 Å². The molecule has 9 heteroatoms. The van der Waals surface area contributed by atoms with Crippen LogP contribution < -0.4 is 15.1 Å². The Kier molecular flexibility index (Phi) is 4.57. The van der Waals surface area contributed by atoms with Gasteiger partial charge in [-0.15, -0.1) is 0 Å². The van der Waals surface area contributed by atoms with Crippen molar-refractivity contribution in [1.82, 2.24) is 4.72 Å². The SMILES string of the molecule is CC(=O)NS(=O)(=O)c1ccc(NC(=O)[C@H]2[C@@H](C(=O)[O-])[C@H]3C=C[C@H]2C3)cc1. The smallest absolute Gasteiger partial charge is 0.264 e. The molecule has 2 N–H and O–H groups in total. The highest BCUT2D eigenvalue weighted by molar-refractivity contribution is 7.90. The van der Waals surface area contributed by atoms with Gasteiger partial charge in [-0.25, -0.2) is 13.1 Å². The summed E-state index contributed by atoms with van der Waals surface area (Å²) in [5.74, 6) is -4.28. The summed E-state index contributed by atoms with van der Waals surface area (Å²) in [6, 6.07) is 5.25. The third-order valence-electron chi connectivity index (χ3n) is 4.74. The molecular formula is C17H17N2O6S-. The van der Waals surface area contributed by atoms with Gasteiger partial charge in [0.1, 0.15) is 0 Å². The summed E-state index contributed by atoms with van der Waals surface area (Å²) in [5.41, 5.74) is 0.334. The van der Waals surface area contributed by atoms with Crippen LogP contribution in [-0.2, 0) is 24.4 Å². The van der Waals surface area contributed by atoms with Crippen LogP contribution >= 0.6 is 0 Å². The molecule has 0 radical (unpaired) electrons. The van der Waals surface area contributed by atoms with Crippen molar-refractivity contribution in [3.8, 4) is 0 Å². The number of carbonyl (C=O) groups is 3. The zero-order valence-corrected chi connectivity index (χ0v) is 14.7. The van der Waals surface area contributed by atoms with Gasteiger partial charge < -0.3 is 15.2 Å². The lowest BCUT2D eigenvalue weighted by Gasteiger charge is -2.27. The van der Waals surface area contributed by atoms with Crippen molar-refractivity contribution >= 4 is 33.5 Å².